The summed E-state index contributed by atoms with van der Waals surface area (Å²) in [5, 5.41) is 4.43. The zero-order valence-electron chi connectivity index (χ0n) is 17.1. The first-order valence-corrected chi connectivity index (χ1v) is 9.76. The Kier molecular flexibility index (Phi) is 7.39. The van der Waals surface area contributed by atoms with Crippen molar-refractivity contribution in [1.82, 2.24) is 10.3 Å². The van der Waals surface area contributed by atoms with Gasteiger partial charge in [0.1, 0.15) is 11.5 Å². The summed E-state index contributed by atoms with van der Waals surface area (Å²) in [6.07, 6.45) is -3.22. The predicted molar refractivity (Wildman–Crippen MR) is 114 cm³/mol. The molecule has 1 aromatic heterocycles. The third kappa shape index (κ3) is 6.59. The molecule has 2 amide bonds. The lowest BCUT2D eigenvalue weighted by Crippen LogP contribution is -2.28. The Morgan fingerprint density at radius 1 is 1.03 bits per heavy atom. The second kappa shape index (κ2) is 10.2. The molecule has 0 aliphatic rings. The van der Waals surface area contributed by atoms with Crippen molar-refractivity contribution in [2.45, 2.75) is 12.7 Å². The molecule has 1 heterocycles. The number of amides is 2. The van der Waals surface area contributed by atoms with E-state index in [0.29, 0.717) is 11.5 Å². The van der Waals surface area contributed by atoms with Crippen molar-refractivity contribution in [3.63, 3.8) is 0 Å². The summed E-state index contributed by atoms with van der Waals surface area (Å²) in [5.41, 5.74) is -0.262. The van der Waals surface area contributed by atoms with Gasteiger partial charge in [-0.1, -0.05) is 23.7 Å². The lowest BCUT2D eigenvalue weighted by molar-refractivity contribution is -0.137. The van der Waals surface area contributed by atoms with E-state index >= 15 is 0 Å². The van der Waals surface area contributed by atoms with Crippen LogP contribution in [-0.4, -0.2) is 24.1 Å². The second-order valence-electron chi connectivity index (χ2n) is 6.61. The highest BCUT2D eigenvalue weighted by molar-refractivity contribution is 6.31. The summed E-state index contributed by atoms with van der Waals surface area (Å²) in [6, 6.07) is 12.1. The summed E-state index contributed by atoms with van der Waals surface area (Å²) in [6.45, 7) is 0.119. The third-order valence-corrected chi connectivity index (χ3v) is 4.60. The van der Waals surface area contributed by atoms with Crippen LogP contribution in [0.1, 0.15) is 21.6 Å². The highest BCUT2D eigenvalue weighted by atomic mass is 35.5. The minimum absolute atomic E-state index is 0.0448. The molecular formula is C22H17ClF3N3O4. The molecule has 0 fully saturated rings. The molecule has 11 heteroatoms. The molecule has 0 saturated carbocycles. The lowest BCUT2D eigenvalue weighted by atomic mass is 10.2. The number of urea groups is 1. The number of nitrogens with one attached hydrogen (secondary N) is 2. The van der Waals surface area contributed by atoms with Gasteiger partial charge in [0.15, 0.2) is 5.69 Å². The van der Waals surface area contributed by atoms with Gasteiger partial charge in [0.2, 0.25) is 0 Å². The van der Waals surface area contributed by atoms with Crippen molar-refractivity contribution >= 4 is 29.3 Å². The van der Waals surface area contributed by atoms with Gasteiger partial charge >= 0.3 is 18.2 Å². The van der Waals surface area contributed by atoms with E-state index in [2.05, 4.69) is 20.4 Å². The summed E-state index contributed by atoms with van der Waals surface area (Å²) >= 11 is 5.57. The van der Waals surface area contributed by atoms with Crippen LogP contribution >= 0.6 is 11.6 Å². The standard InChI is InChI=1S/C22H17ClF3N3O4/c1-32-20(30)19-11-16(8-9-27-19)33-15-5-2-13(3-6-15)12-28-21(31)29-14-4-7-18(23)17(10-14)22(24,25)26/h2-11H,12H2,1H3,(H2,28,29,31). The Morgan fingerprint density at radius 3 is 2.42 bits per heavy atom. The Morgan fingerprint density at radius 2 is 1.76 bits per heavy atom. The topological polar surface area (TPSA) is 89.5 Å². The average Bonchev–Trinajstić information content (AvgIpc) is 2.79. The van der Waals surface area contributed by atoms with Crippen molar-refractivity contribution in [3.05, 3.63) is 82.6 Å². The van der Waals surface area contributed by atoms with E-state index in [4.69, 9.17) is 16.3 Å². The van der Waals surface area contributed by atoms with E-state index in [1.54, 1.807) is 30.3 Å². The number of nitrogens with zero attached hydrogens (tertiary/aromatic N) is 1. The Hall–Kier alpha value is -3.79. The van der Waals surface area contributed by atoms with Gasteiger partial charge in [0.05, 0.1) is 17.7 Å². The molecule has 0 saturated heterocycles. The number of rotatable bonds is 6. The molecule has 172 valence electrons. The number of carbonyl (C=O) groups excluding carboxylic acids is 2. The number of esters is 1. The zero-order valence-corrected chi connectivity index (χ0v) is 17.8. The number of hydrogen-bond acceptors (Lipinski definition) is 5. The normalized spacial score (nSPS) is 10.9. The Bertz CT molecular complexity index is 1150. The fourth-order valence-electron chi connectivity index (χ4n) is 2.68. The van der Waals surface area contributed by atoms with E-state index < -0.39 is 28.8 Å². The first-order chi connectivity index (χ1) is 15.7. The van der Waals surface area contributed by atoms with Crippen molar-refractivity contribution < 1.29 is 32.2 Å². The van der Waals surface area contributed by atoms with Crippen LogP contribution in [0.2, 0.25) is 5.02 Å². The largest absolute Gasteiger partial charge is 0.464 e. The maximum atomic E-state index is 12.9. The molecule has 0 radical (unpaired) electrons. The third-order valence-electron chi connectivity index (χ3n) is 4.27. The number of methoxy groups -OCH3 is 1. The molecular weight excluding hydrogens is 463 g/mol. The average molecular weight is 480 g/mol. The molecule has 0 unspecified atom stereocenters. The van der Waals surface area contributed by atoms with Crippen LogP contribution in [0.15, 0.2) is 60.8 Å². The van der Waals surface area contributed by atoms with Gasteiger partial charge in [-0.2, -0.15) is 13.2 Å². The highest BCUT2D eigenvalue weighted by Gasteiger charge is 2.33. The SMILES string of the molecule is COC(=O)c1cc(Oc2ccc(CNC(=O)Nc3ccc(Cl)c(C(F)(F)F)c3)cc2)ccn1. The van der Waals surface area contributed by atoms with Gasteiger partial charge < -0.3 is 20.1 Å². The smallest absolute Gasteiger partial charge is 0.417 e. The summed E-state index contributed by atoms with van der Waals surface area (Å²) in [4.78, 5) is 27.5. The van der Waals surface area contributed by atoms with Crippen LogP contribution in [0.4, 0.5) is 23.7 Å². The number of anilines is 1. The van der Waals surface area contributed by atoms with Crippen LogP contribution in [-0.2, 0) is 17.5 Å². The van der Waals surface area contributed by atoms with Crippen LogP contribution in [0, 0.1) is 0 Å². The fraction of sp³-hybridized carbons (Fsp3) is 0.136. The van der Waals surface area contributed by atoms with Gasteiger partial charge in [-0.25, -0.2) is 14.6 Å². The van der Waals surface area contributed by atoms with Crippen molar-refractivity contribution in [2.75, 3.05) is 12.4 Å². The van der Waals surface area contributed by atoms with Crippen molar-refractivity contribution in [3.8, 4) is 11.5 Å². The molecule has 2 aromatic carbocycles. The van der Waals surface area contributed by atoms with E-state index in [1.807, 2.05) is 0 Å². The van der Waals surface area contributed by atoms with Crippen LogP contribution in [0.25, 0.3) is 0 Å². The minimum Gasteiger partial charge on any atom is -0.464 e. The van der Waals surface area contributed by atoms with Gasteiger partial charge in [-0.3, -0.25) is 0 Å². The number of hydrogen-bond donors (Lipinski definition) is 2. The lowest BCUT2D eigenvalue weighted by Gasteiger charge is -2.12. The van der Waals surface area contributed by atoms with Crippen molar-refractivity contribution in [2.24, 2.45) is 0 Å². The van der Waals surface area contributed by atoms with Gasteiger partial charge in [0, 0.05) is 24.5 Å². The minimum atomic E-state index is -4.63. The molecule has 3 aromatic rings. The maximum absolute atomic E-state index is 12.9. The number of ether oxygens (including phenoxy) is 2. The van der Waals surface area contributed by atoms with Crippen LogP contribution in [0.3, 0.4) is 0 Å². The molecule has 0 aliphatic heterocycles. The summed E-state index contributed by atoms with van der Waals surface area (Å²) < 4.78 is 49.1. The molecule has 2 N–H and O–H groups in total. The number of alkyl halides is 3. The first kappa shape index (κ1) is 23.9. The molecule has 3 rings (SSSR count). The molecule has 33 heavy (non-hydrogen) atoms. The quantitative estimate of drug-likeness (QED) is 0.446. The van der Waals surface area contributed by atoms with Gasteiger partial charge in [0.25, 0.3) is 0 Å². The summed E-state index contributed by atoms with van der Waals surface area (Å²) in [5.74, 6) is 0.274. The first-order valence-electron chi connectivity index (χ1n) is 9.38. The van der Waals surface area contributed by atoms with E-state index in [0.717, 1.165) is 17.7 Å². The second-order valence-corrected chi connectivity index (χ2v) is 7.02. The van der Waals surface area contributed by atoms with Gasteiger partial charge in [-0.05, 0) is 42.0 Å². The van der Waals surface area contributed by atoms with Crippen LogP contribution in [0.5, 0.6) is 11.5 Å². The van der Waals surface area contributed by atoms with E-state index in [9.17, 15) is 22.8 Å². The number of halogens is 4. The predicted octanol–water partition coefficient (Wildman–Crippen LogP) is 5.65. The molecule has 7 nitrogen and oxygen atoms in total. The number of carbonyl (C=O) groups is 2. The van der Waals surface area contributed by atoms with E-state index in [1.165, 1.54) is 25.4 Å². The Labute approximate surface area is 191 Å². The number of benzene rings is 2. The summed E-state index contributed by atoms with van der Waals surface area (Å²) in [7, 11) is 1.25. The monoisotopic (exact) mass is 479 g/mol. The maximum Gasteiger partial charge on any atom is 0.417 e. The van der Waals surface area contributed by atoms with Crippen LogP contribution < -0.4 is 15.4 Å². The molecule has 0 bridgehead atoms. The number of pyridine rings is 1. The zero-order chi connectivity index (χ0) is 24.0. The molecule has 0 atom stereocenters. The Balaban J connectivity index is 1.55. The molecule has 0 aliphatic carbocycles. The van der Waals surface area contributed by atoms with Crippen molar-refractivity contribution in [1.29, 1.82) is 0 Å². The van der Waals surface area contributed by atoms with E-state index in [-0.39, 0.29) is 17.9 Å². The molecule has 0 spiro atoms. The highest BCUT2D eigenvalue weighted by Crippen LogP contribution is 2.36. The fourth-order valence-corrected chi connectivity index (χ4v) is 2.90. The number of aromatic nitrogens is 1. The van der Waals surface area contributed by atoms with Gasteiger partial charge in [-0.15, -0.1) is 0 Å².